The molecule has 1 heterocycles. The molecule has 1 aromatic carbocycles. The molecule has 7 heteroatoms. The molecular formula is C14H13N2O5-. The number of benzene rings is 1. The number of aromatic carboxylic acids is 2. The van der Waals surface area contributed by atoms with E-state index in [4.69, 9.17) is 0 Å². The van der Waals surface area contributed by atoms with Crippen LogP contribution >= 0.6 is 0 Å². The van der Waals surface area contributed by atoms with Crippen molar-refractivity contribution in [2.75, 3.05) is 11.9 Å². The molecule has 0 saturated heterocycles. The molecule has 0 radical (unpaired) electrons. The van der Waals surface area contributed by atoms with Crippen LogP contribution in [0.5, 0.6) is 0 Å². The van der Waals surface area contributed by atoms with Crippen molar-refractivity contribution in [2.24, 2.45) is 0 Å². The summed E-state index contributed by atoms with van der Waals surface area (Å²) >= 11 is 0. The fraction of sp³-hybridized carbons (Fsp3) is 0.214. The summed E-state index contributed by atoms with van der Waals surface area (Å²) in [5, 5.41) is 32.6. The second-order valence-corrected chi connectivity index (χ2v) is 4.60. The second-order valence-electron chi connectivity index (χ2n) is 4.60. The first-order valence-electron chi connectivity index (χ1n) is 6.19. The first-order chi connectivity index (χ1) is 9.90. The number of hydrogen-bond donors (Lipinski definition) is 3. The fourth-order valence-corrected chi connectivity index (χ4v) is 1.92. The maximum Gasteiger partial charge on any atom is 0.339 e. The van der Waals surface area contributed by atoms with E-state index in [0.29, 0.717) is 10.9 Å². The van der Waals surface area contributed by atoms with Gasteiger partial charge < -0.3 is 25.4 Å². The molecule has 0 saturated carbocycles. The quantitative estimate of drug-likeness (QED) is 0.712. The number of nitrogens with one attached hydrogen (secondary N) is 1. The number of carbonyl (C=O) groups excluding carboxylic acids is 1. The van der Waals surface area contributed by atoms with Crippen LogP contribution in [-0.2, 0) is 0 Å². The molecule has 0 unspecified atom stereocenters. The number of aliphatic hydroxyl groups excluding tert-OH is 1. The SMILES string of the molecule is C[C@H](O)CNc1c(C(=O)O)cnc2ccc(C(=O)[O-])cc12. The van der Waals surface area contributed by atoms with E-state index in [-0.39, 0.29) is 23.4 Å². The third-order valence-electron chi connectivity index (χ3n) is 2.91. The Kier molecular flexibility index (Phi) is 4.04. The molecule has 0 aliphatic rings. The molecule has 0 bridgehead atoms. The third kappa shape index (κ3) is 3.09. The summed E-state index contributed by atoms with van der Waals surface area (Å²) in [5.41, 5.74) is 0.486. The Bertz CT molecular complexity index is 707. The van der Waals surface area contributed by atoms with E-state index >= 15 is 0 Å². The number of fused-ring (bicyclic) bond motifs is 1. The number of carbonyl (C=O) groups is 2. The van der Waals surface area contributed by atoms with Gasteiger partial charge in [0.05, 0.1) is 23.3 Å². The number of pyridine rings is 1. The lowest BCUT2D eigenvalue weighted by atomic mass is 10.1. The van der Waals surface area contributed by atoms with Gasteiger partial charge in [-0.05, 0) is 24.6 Å². The number of hydrogen-bond acceptors (Lipinski definition) is 6. The van der Waals surface area contributed by atoms with Crippen LogP contribution in [0.1, 0.15) is 27.6 Å². The van der Waals surface area contributed by atoms with Gasteiger partial charge in [-0.2, -0.15) is 0 Å². The van der Waals surface area contributed by atoms with Gasteiger partial charge in [0, 0.05) is 18.1 Å². The van der Waals surface area contributed by atoms with Crippen molar-refractivity contribution in [3.05, 3.63) is 35.5 Å². The average Bonchev–Trinajstić information content (AvgIpc) is 2.43. The van der Waals surface area contributed by atoms with Gasteiger partial charge in [0.15, 0.2) is 0 Å². The van der Waals surface area contributed by atoms with E-state index in [0.717, 1.165) is 0 Å². The van der Waals surface area contributed by atoms with Crippen molar-refractivity contribution in [1.29, 1.82) is 0 Å². The van der Waals surface area contributed by atoms with Gasteiger partial charge in [0.1, 0.15) is 5.56 Å². The van der Waals surface area contributed by atoms with Crippen LogP contribution in [0.25, 0.3) is 10.9 Å². The first-order valence-corrected chi connectivity index (χ1v) is 6.19. The summed E-state index contributed by atoms with van der Waals surface area (Å²) in [4.78, 5) is 26.2. The van der Waals surface area contributed by atoms with E-state index in [2.05, 4.69) is 10.3 Å². The molecule has 0 spiro atoms. The summed E-state index contributed by atoms with van der Waals surface area (Å²) < 4.78 is 0. The molecule has 21 heavy (non-hydrogen) atoms. The smallest absolute Gasteiger partial charge is 0.339 e. The Labute approximate surface area is 119 Å². The van der Waals surface area contributed by atoms with Crippen LogP contribution in [0.2, 0.25) is 0 Å². The summed E-state index contributed by atoms with van der Waals surface area (Å²) in [6.45, 7) is 1.67. The van der Waals surface area contributed by atoms with Crippen LogP contribution < -0.4 is 10.4 Å². The molecule has 1 atom stereocenters. The van der Waals surface area contributed by atoms with E-state index in [1.165, 1.54) is 24.4 Å². The molecule has 0 aliphatic carbocycles. The van der Waals surface area contributed by atoms with Gasteiger partial charge in [-0.25, -0.2) is 4.79 Å². The number of anilines is 1. The predicted octanol–water partition coefficient (Wildman–Crippen LogP) is 0.0892. The lowest BCUT2D eigenvalue weighted by Gasteiger charge is -2.14. The van der Waals surface area contributed by atoms with Crippen LogP contribution in [-0.4, -0.2) is 39.8 Å². The zero-order chi connectivity index (χ0) is 15.6. The van der Waals surface area contributed by atoms with Gasteiger partial charge in [-0.15, -0.1) is 0 Å². The Morgan fingerprint density at radius 3 is 2.71 bits per heavy atom. The van der Waals surface area contributed by atoms with Gasteiger partial charge in [0.2, 0.25) is 0 Å². The fourth-order valence-electron chi connectivity index (χ4n) is 1.92. The number of nitrogens with zero attached hydrogens (tertiary/aromatic N) is 1. The minimum Gasteiger partial charge on any atom is -0.545 e. The minimum absolute atomic E-state index is 0.0769. The molecular weight excluding hydrogens is 276 g/mol. The largest absolute Gasteiger partial charge is 0.545 e. The Balaban J connectivity index is 2.65. The second kappa shape index (κ2) is 5.76. The predicted molar refractivity (Wildman–Crippen MR) is 73.2 cm³/mol. The molecule has 110 valence electrons. The number of rotatable bonds is 5. The summed E-state index contributed by atoms with van der Waals surface area (Å²) in [6, 6.07) is 4.11. The van der Waals surface area contributed by atoms with Crippen molar-refractivity contribution >= 4 is 28.5 Å². The molecule has 3 N–H and O–H groups in total. The summed E-state index contributed by atoms with van der Waals surface area (Å²) in [7, 11) is 0. The lowest BCUT2D eigenvalue weighted by Crippen LogP contribution is -2.22. The zero-order valence-electron chi connectivity index (χ0n) is 11.2. The van der Waals surface area contributed by atoms with Crippen LogP contribution in [0.4, 0.5) is 5.69 Å². The molecule has 2 aromatic rings. The molecule has 7 nitrogen and oxygen atoms in total. The molecule has 0 fully saturated rings. The van der Waals surface area contributed by atoms with E-state index in [9.17, 15) is 24.9 Å². The zero-order valence-corrected chi connectivity index (χ0v) is 11.2. The maximum atomic E-state index is 11.3. The van der Waals surface area contributed by atoms with Crippen LogP contribution in [0, 0.1) is 0 Å². The Hall–Kier alpha value is -2.67. The van der Waals surface area contributed by atoms with Crippen molar-refractivity contribution in [3.63, 3.8) is 0 Å². The monoisotopic (exact) mass is 289 g/mol. The van der Waals surface area contributed by atoms with Crippen molar-refractivity contribution in [1.82, 2.24) is 4.98 Å². The van der Waals surface area contributed by atoms with Gasteiger partial charge in [0.25, 0.3) is 0 Å². The highest BCUT2D eigenvalue weighted by Crippen LogP contribution is 2.27. The summed E-state index contributed by atoms with van der Waals surface area (Å²) in [5.74, 6) is -2.56. The number of carboxylic acids is 2. The van der Waals surface area contributed by atoms with Crippen LogP contribution in [0.15, 0.2) is 24.4 Å². The highest BCUT2D eigenvalue weighted by molar-refractivity contribution is 6.05. The van der Waals surface area contributed by atoms with Gasteiger partial charge >= 0.3 is 5.97 Å². The summed E-state index contributed by atoms with van der Waals surface area (Å²) in [6.07, 6.45) is 0.493. The van der Waals surface area contributed by atoms with E-state index in [1.807, 2.05) is 0 Å². The highest BCUT2D eigenvalue weighted by Gasteiger charge is 2.15. The Morgan fingerprint density at radius 2 is 2.14 bits per heavy atom. The minimum atomic E-state index is -1.36. The average molecular weight is 289 g/mol. The van der Waals surface area contributed by atoms with Gasteiger partial charge in [-0.3, -0.25) is 4.98 Å². The normalized spacial score (nSPS) is 12.1. The first kappa shape index (κ1) is 14.7. The molecule has 2 rings (SSSR count). The highest BCUT2D eigenvalue weighted by atomic mass is 16.4. The topological polar surface area (TPSA) is 123 Å². The molecule has 0 aliphatic heterocycles. The van der Waals surface area contributed by atoms with E-state index < -0.39 is 18.0 Å². The number of aliphatic hydroxyl groups is 1. The Morgan fingerprint density at radius 1 is 1.43 bits per heavy atom. The van der Waals surface area contributed by atoms with Crippen molar-refractivity contribution < 1.29 is 24.9 Å². The van der Waals surface area contributed by atoms with Crippen molar-refractivity contribution in [3.8, 4) is 0 Å². The standard InChI is InChI=1S/C14H14N2O5/c1-7(17)5-16-12-9-4-8(13(18)19)2-3-11(9)15-6-10(12)14(20)21/h2-4,6-7,17H,5H2,1H3,(H,15,16)(H,18,19)(H,20,21)/p-1/t7-/m0/s1. The molecule has 1 aromatic heterocycles. The lowest BCUT2D eigenvalue weighted by molar-refractivity contribution is -0.255. The van der Waals surface area contributed by atoms with E-state index in [1.54, 1.807) is 6.92 Å². The number of carboxylic acid groups (broad SMARTS) is 2. The number of aromatic nitrogens is 1. The van der Waals surface area contributed by atoms with Gasteiger partial charge in [-0.1, -0.05) is 6.07 Å². The third-order valence-corrected chi connectivity index (χ3v) is 2.91. The molecule has 0 amide bonds. The maximum absolute atomic E-state index is 11.3. The van der Waals surface area contributed by atoms with Crippen molar-refractivity contribution in [2.45, 2.75) is 13.0 Å². The van der Waals surface area contributed by atoms with Crippen LogP contribution in [0.3, 0.4) is 0 Å².